The zero-order chi connectivity index (χ0) is 18.2. The van der Waals surface area contributed by atoms with Crippen LogP contribution in [0.3, 0.4) is 0 Å². The number of alkyl halides is 3. The van der Waals surface area contributed by atoms with Crippen molar-refractivity contribution in [2.75, 3.05) is 6.54 Å². The number of rotatable bonds is 3. The minimum absolute atomic E-state index is 0.0646. The standard InChI is InChI=1S/C14H13F3N2O5/c1-7-9(13(21)22)4-5-18(7)12(20)10-3-2-8(14(15,16)17)6-11(10)19(23)24/h2-3,6-7,9H,4-5H2,1H3,(H,21,22). The summed E-state index contributed by atoms with van der Waals surface area (Å²) >= 11 is 0. The van der Waals surface area contributed by atoms with Crippen LogP contribution in [0.4, 0.5) is 18.9 Å². The molecule has 0 bridgehead atoms. The molecule has 0 aromatic heterocycles. The Balaban J connectivity index is 2.40. The van der Waals surface area contributed by atoms with Crippen molar-refractivity contribution in [3.8, 4) is 0 Å². The van der Waals surface area contributed by atoms with Crippen molar-refractivity contribution < 1.29 is 32.8 Å². The molecule has 24 heavy (non-hydrogen) atoms. The molecule has 2 rings (SSSR count). The van der Waals surface area contributed by atoms with Gasteiger partial charge < -0.3 is 10.0 Å². The fourth-order valence-electron chi connectivity index (χ4n) is 2.75. The Morgan fingerprint density at radius 3 is 2.46 bits per heavy atom. The number of amides is 1. The van der Waals surface area contributed by atoms with Crippen molar-refractivity contribution in [2.24, 2.45) is 5.92 Å². The molecular formula is C14H13F3N2O5. The Kier molecular flexibility index (Phi) is 4.50. The maximum atomic E-state index is 12.7. The Labute approximate surface area is 133 Å². The molecule has 0 aliphatic carbocycles. The SMILES string of the molecule is CC1C(C(=O)O)CCN1C(=O)c1ccc(C(F)(F)F)cc1[N+](=O)[O-]. The molecule has 1 aliphatic rings. The van der Waals surface area contributed by atoms with Gasteiger partial charge in [0, 0.05) is 18.7 Å². The van der Waals surface area contributed by atoms with E-state index in [-0.39, 0.29) is 13.0 Å². The molecule has 1 aromatic rings. The van der Waals surface area contributed by atoms with E-state index in [0.29, 0.717) is 12.1 Å². The highest BCUT2D eigenvalue weighted by atomic mass is 19.4. The summed E-state index contributed by atoms with van der Waals surface area (Å²) in [5, 5.41) is 20.1. The quantitative estimate of drug-likeness (QED) is 0.669. The van der Waals surface area contributed by atoms with Gasteiger partial charge >= 0.3 is 12.1 Å². The van der Waals surface area contributed by atoms with Gasteiger partial charge in [0.05, 0.1) is 16.4 Å². The van der Waals surface area contributed by atoms with Crippen molar-refractivity contribution >= 4 is 17.6 Å². The van der Waals surface area contributed by atoms with E-state index in [0.717, 1.165) is 11.0 Å². The molecule has 7 nitrogen and oxygen atoms in total. The summed E-state index contributed by atoms with van der Waals surface area (Å²) in [5.74, 6) is -2.77. The first-order chi connectivity index (χ1) is 11.0. The van der Waals surface area contributed by atoms with Gasteiger partial charge in [-0.1, -0.05) is 0 Å². The number of hydrogen-bond acceptors (Lipinski definition) is 4. The maximum absolute atomic E-state index is 12.7. The summed E-state index contributed by atoms with van der Waals surface area (Å²) in [4.78, 5) is 34.7. The fraction of sp³-hybridized carbons (Fsp3) is 0.429. The molecule has 0 saturated carbocycles. The van der Waals surface area contributed by atoms with Crippen LogP contribution in [0.5, 0.6) is 0 Å². The topological polar surface area (TPSA) is 101 Å². The number of carbonyl (C=O) groups excluding carboxylic acids is 1. The average Bonchev–Trinajstić information content (AvgIpc) is 2.86. The van der Waals surface area contributed by atoms with E-state index in [1.165, 1.54) is 6.92 Å². The number of carboxylic acid groups (broad SMARTS) is 1. The number of benzene rings is 1. The van der Waals surface area contributed by atoms with Crippen LogP contribution < -0.4 is 0 Å². The predicted molar refractivity (Wildman–Crippen MR) is 74.3 cm³/mol. The molecule has 1 aliphatic heterocycles. The minimum atomic E-state index is -4.78. The van der Waals surface area contributed by atoms with Gasteiger partial charge in [-0.3, -0.25) is 19.7 Å². The lowest BCUT2D eigenvalue weighted by Gasteiger charge is -2.23. The first-order valence-corrected chi connectivity index (χ1v) is 6.93. The van der Waals surface area contributed by atoms with Crippen molar-refractivity contribution in [3.05, 3.63) is 39.4 Å². The van der Waals surface area contributed by atoms with Crippen molar-refractivity contribution in [1.29, 1.82) is 0 Å². The summed E-state index contributed by atoms with van der Waals surface area (Å²) in [6.07, 6.45) is -4.60. The molecule has 0 radical (unpaired) electrons. The Morgan fingerprint density at radius 2 is 2.00 bits per heavy atom. The van der Waals surface area contributed by atoms with Crippen LogP contribution >= 0.6 is 0 Å². The van der Waals surface area contributed by atoms with E-state index in [1.807, 2.05) is 0 Å². The van der Waals surface area contributed by atoms with Gasteiger partial charge in [-0.15, -0.1) is 0 Å². The normalized spacial score (nSPS) is 20.9. The van der Waals surface area contributed by atoms with Gasteiger partial charge in [0.1, 0.15) is 5.56 Å². The minimum Gasteiger partial charge on any atom is -0.481 e. The molecule has 0 spiro atoms. The van der Waals surface area contributed by atoms with Gasteiger partial charge in [0.15, 0.2) is 0 Å². The molecule has 2 atom stereocenters. The average molecular weight is 346 g/mol. The number of carboxylic acids is 1. The lowest BCUT2D eigenvalue weighted by molar-refractivity contribution is -0.385. The third kappa shape index (κ3) is 3.17. The van der Waals surface area contributed by atoms with E-state index >= 15 is 0 Å². The van der Waals surface area contributed by atoms with Crippen LogP contribution in [-0.2, 0) is 11.0 Å². The highest BCUT2D eigenvalue weighted by Gasteiger charge is 2.41. The van der Waals surface area contributed by atoms with Gasteiger partial charge in [-0.25, -0.2) is 0 Å². The molecule has 1 saturated heterocycles. The van der Waals surface area contributed by atoms with Crippen molar-refractivity contribution in [1.82, 2.24) is 4.90 Å². The molecule has 1 heterocycles. The monoisotopic (exact) mass is 346 g/mol. The van der Waals surface area contributed by atoms with Gasteiger partial charge in [-0.2, -0.15) is 13.2 Å². The number of nitro groups is 1. The second-order valence-corrected chi connectivity index (χ2v) is 5.46. The third-order valence-electron chi connectivity index (χ3n) is 4.09. The number of nitro benzene ring substituents is 1. The van der Waals surface area contributed by atoms with Crippen LogP contribution in [0.2, 0.25) is 0 Å². The number of carbonyl (C=O) groups is 2. The summed E-state index contributed by atoms with van der Waals surface area (Å²) in [5.41, 5.74) is -2.68. The maximum Gasteiger partial charge on any atom is 0.416 e. The number of hydrogen-bond donors (Lipinski definition) is 1. The Morgan fingerprint density at radius 1 is 1.38 bits per heavy atom. The smallest absolute Gasteiger partial charge is 0.416 e. The van der Waals surface area contributed by atoms with Crippen molar-refractivity contribution in [3.63, 3.8) is 0 Å². The van der Waals surface area contributed by atoms with Gasteiger partial charge in [0.2, 0.25) is 0 Å². The van der Waals surface area contributed by atoms with Crippen LogP contribution in [0.1, 0.15) is 29.3 Å². The number of likely N-dealkylation sites (tertiary alicyclic amines) is 1. The second kappa shape index (κ2) is 6.10. The van der Waals surface area contributed by atoms with Crippen LogP contribution in [0, 0.1) is 16.0 Å². The lowest BCUT2D eigenvalue weighted by Crippen LogP contribution is -2.38. The molecule has 130 valence electrons. The molecule has 1 amide bonds. The highest BCUT2D eigenvalue weighted by Crippen LogP contribution is 2.34. The molecule has 1 fully saturated rings. The van der Waals surface area contributed by atoms with Gasteiger partial charge in [-0.05, 0) is 25.5 Å². The number of aliphatic carboxylic acids is 1. The molecule has 1 aromatic carbocycles. The van der Waals surface area contributed by atoms with Crippen LogP contribution in [0.25, 0.3) is 0 Å². The van der Waals surface area contributed by atoms with E-state index in [9.17, 15) is 32.9 Å². The largest absolute Gasteiger partial charge is 0.481 e. The first kappa shape index (κ1) is 17.7. The zero-order valence-corrected chi connectivity index (χ0v) is 12.4. The Hall–Kier alpha value is -2.65. The predicted octanol–water partition coefficient (Wildman–Crippen LogP) is 2.55. The summed E-state index contributed by atoms with van der Waals surface area (Å²) in [7, 11) is 0. The molecule has 1 N–H and O–H groups in total. The van der Waals surface area contributed by atoms with Crippen LogP contribution in [-0.4, -0.2) is 39.4 Å². The van der Waals surface area contributed by atoms with Gasteiger partial charge in [0.25, 0.3) is 11.6 Å². The summed E-state index contributed by atoms with van der Waals surface area (Å²) in [6, 6.07) is 0.944. The first-order valence-electron chi connectivity index (χ1n) is 6.93. The lowest BCUT2D eigenvalue weighted by atomic mass is 10.0. The van der Waals surface area contributed by atoms with E-state index in [4.69, 9.17) is 5.11 Å². The van der Waals surface area contributed by atoms with Crippen molar-refractivity contribution in [2.45, 2.75) is 25.6 Å². The number of nitrogens with zero attached hydrogens (tertiary/aromatic N) is 2. The zero-order valence-electron chi connectivity index (χ0n) is 12.4. The second-order valence-electron chi connectivity index (χ2n) is 5.46. The third-order valence-corrected chi connectivity index (χ3v) is 4.09. The molecule has 10 heteroatoms. The summed E-state index contributed by atoms with van der Waals surface area (Å²) in [6.45, 7) is 1.55. The molecule has 2 unspecified atom stereocenters. The fourth-order valence-corrected chi connectivity index (χ4v) is 2.75. The van der Waals surface area contributed by atoms with E-state index in [2.05, 4.69) is 0 Å². The summed E-state index contributed by atoms with van der Waals surface area (Å²) < 4.78 is 38.1. The molecular weight excluding hydrogens is 333 g/mol. The van der Waals surface area contributed by atoms with E-state index < -0.39 is 51.8 Å². The number of halogens is 3. The van der Waals surface area contributed by atoms with E-state index in [1.54, 1.807) is 0 Å². The Bertz CT molecular complexity index is 704. The highest BCUT2D eigenvalue weighted by molar-refractivity contribution is 5.99. The van der Waals surface area contributed by atoms with Crippen LogP contribution in [0.15, 0.2) is 18.2 Å².